The molecule has 0 spiro atoms. The average molecular weight is 273 g/mol. The van der Waals surface area contributed by atoms with E-state index in [0.29, 0.717) is 5.92 Å². The molecule has 20 heavy (non-hydrogen) atoms. The van der Waals surface area contributed by atoms with Gasteiger partial charge in [-0.05, 0) is 43.2 Å². The molecular weight excluding hydrogens is 246 g/mol. The summed E-state index contributed by atoms with van der Waals surface area (Å²) in [5.74, 6) is 0.586. The van der Waals surface area contributed by atoms with Crippen molar-refractivity contribution >= 4 is 6.29 Å². The van der Waals surface area contributed by atoms with Gasteiger partial charge < -0.3 is 4.79 Å². The molecule has 110 valence electrons. The maximum atomic E-state index is 11.4. The third kappa shape index (κ3) is 3.47. The summed E-state index contributed by atoms with van der Waals surface area (Å²) in [4.78, 5) is 16.2. The van der Waals surface area contributed by atoms with Gasteiger partial charge in [0.15, 0.2) is 0 Å². The third-order valence-electron chi connectivity index (χ3n) is 4.64. The smallest absolute Gasteiger partial charge is 0.127 e. The Kier molecular flexibility index (Phi) is 5.75. The van der Waals surface area contributed by atoms with Crippen LogP contribution < -0.4 is 0 Å². The largest absolute Gasteiger partial charge is 0.303 e. The Morgan fingerprint density at radius 2 is 2.10 bits per heavy atom. The zero-order valence-corrected chi connectivity index (χ0v) is 12.9. The number of hydrogen-bond acceptors (Lipinski definition) is 2. The number of aldehydes is 1. The van der Waals surface area contributed by atoms with Crippen LogP contribution in [0.3, 0.4) is 0 Å². The standard InChI is InChI=1S/C18H27NO/c1-3-5-6-7-8-15-10-11-16-17(13-20)14(4-2)9-12-18(16)19-15/h10-11,13-14,17H,3-9,12H2,1-2H3. The van der Waals surface area contributed by atoms with E-state index in [9.17, 15) is 4.79 Å². The molecule has 1 aliphatic carbocycles. The van der Waals surface area contributed by atoms with Crippen LogP contribution in [-0.2, 0) is 17.6 Å². The van der Waals surface area contributed by atoms with Crippen molar-refractivity contribution in [2.45, 2.75) is 71.1 Å². The maximum Gasteiger partial charge on any atom is 0.127 e. The topological polar surface area (TPSA) is 30.0 Å². The van der Waals surface area contributed by atoms with Gasteiger partial charge >= 0.3 is 0 Å². The Morgan fingerprint density at radius 3 is 2.80 bits per heavy atom. The van der Waals surface area contributed by atoms with Gasteiger partial charge in [0.2, 0.25) is 0 Å². The van der Waals surface area contributed by atoms with Crippen LogP contribution in [0.15, 0.2) is 12.1 Å². The number of aryl methyl sites for hydroxylation is 2. The van der Waals surface area contributed by atoms with E-state index in [0.717, 1.165) is 32.0 Å². The van der Waals surface area contributed by atoms with Crippen LogP contribution in [0.4, 0.5) is 0 Å². The predicted octanol–water partition coefficient (Wildman–Crippen LogP) is 4.46. The molecule has 1 aromatic rings. The van der Waals surface area contributed by atoms with Crippen molar-refractivity contribution < 1.29 is 4.79 Å². The summed E-state index contributed by atoms with van der Waals surface area (Å²) in [6.45, 7) is 4.42. The number of aromatic nitrogens is 1. The number of rotatable bonds is 7. The minimum absolute atomic E-state index is 0.0744. The highest BCUT2D eigenvalue weighted by Crippen LogP contribution is 2.36. The second-order valence-corrected chi connectivity index (χ2v) is 6.02. The van der Waals surface area contributed by atoms with Crippen LogP contribution in [0, 0.1) is 5.92 Å². The lowest BCUT2D eigenvalue weighted by molar-refractivity contribution is -0.110. The second-order valence-electron chi connectivity index (χ2n) is 6.02. The third-order valence-corrected chi connectivity index (χ3v) is 4.64. The fourth-order valence-electron chi connectivity index (χ4n) is 3.33. The normalized spacial score (nSPS) is 21.5. The van der Waals surface area contributed by atoms with Crippen LogP contribution >= 0.6 is 0 Å². The predicted molar refractivity (Wildman–Crippen MR) is 83.0 cm³/mol. The Balaban J connectivity index is 2.06. The zero-order valence-electron chi connectivity index (χ0n) is 12.9. The molecular formula is C18H27NO. The van der Waals surface area contributed by atoms with Gasteiger partial charge in [-0.15, -0.1) is 0 Å². The van der Waals surface area contributed by atoms with Crippen LogP contribution in [0.25, 0.3) is 0 Å². The highest BCUT2D eigenvalue weighted by molar-refractivity contribution is 5.64. The van der Waals surface area contributed by atoms with Crippen LogP contribution in [-0.4, -0.2) is 11.3 Å². The molecule has 1 aromatic heterocycles. The summed E-state index contributed by atoms with van der Waals surface area (Å²) >= 11 is 0. The van der Waals surface area contributed by atoms with Gasteiger partial charge in [0.25, 0.3) is 0 Å². The van der Waals surface area contributed by atoms with E-state index >= 15 is 0 Å². The lowest BCUT2D eigenvalue weighted by Gasteiger charge is -2.29. The van der Waals surface area contributed by atoms with Gasteiger partial charge in [0, 0.05) is 17.3 Å². The Labute approximate surface area is 123 Å². The minimum atomic E-state index is 0.0744. The van der Waals surface area contributed by atoms with E-state index < -0.39 is 0 Å². The molecule has 0 radical (unpaired) electrons. The first-order chi connectivity index (χ1) is 9.80. The lowest BCUT2D eigenvalue weighted by Crippen LogP contribution is -2.22. The van der Waals surface area contributed by atoms with Gasteiger partial charge in [-0.2, -0.15) is 0 Å². The van der Waals surface area contributed by atoms with Gasteiger partial charge in [-0.1, -0.05) is 45.6 Å². The molecule has 0 saturated heterocycles. The van der Waals surface area contributed by atoms with Gasteiger partial charge in [-0.3, -0.25) is 4.98 Å². The minimum Gasteiger partial charge on any atom is -0.303 e. The Bertz CT molecular complexity index is 441. The van der Waals surface area contributed by atoms with Crippen molar-refractivity contribution in [1.82, 2.24) is 4.98 Å². The van der Waals surface area contributed by atoms with Crippen molar-refractivity contribution in [3.05, 3.63) is 29.1 Å². The molecule has 0 bridgehead atoms. The molecule has 0 saturated carbocycles. The number of unbranched alkanes of at least 4 members (excludes halogenated alkanes) is 3. The molecule has 2 nitrogen and oxygen atoms in total. The first kappa shape index (κ1) is 15.2. The molecule has 2 atom stereocenters. The molecule has 0 amide bonds. The first-order valence-electron chi connectivity index (χ1n) is 8.24. The molecule has 1 aliphatic rings. The molecule has 2 heteroatoms. The number of carbonyl (C=O) groups is 1. The molecule has 2 rings (SSSR count). The highest BCUT2D eigenvalue weighted by Gasteiger charge is 2.28. The highest BCUT2D eigenvalue weighted by atomic mass is 16.1. The number of hydrogen-bond donors (Lipinski definition) is 0. The van der Waals surface area contributed by atoms with Crippen molar-refractivity contribution in [1.29, 1.82) is 0 Å². The molecule has 0 aromatic carbocycles. The molecule has 0 N–H and O–H groups in total. The quantitative estimate of drug-likeness (QED) is 0.542. The van der Waals surface area contributed by atoms with Crippen LogP contribution in [0.2, 0.25) is 0 Å². The number of fused-ring (bicyclic) bond motifs is 1. The van der Waals surface area contributed by atoms with Crippen molar-refractivity contribution in [2.75, 3.05) is 0 Å². The number of nitrogens with zero attached hydrogens (tertiary/aromatic N) is 1. The van der Waals surface area contributed by atoms with Crippen molar-refractivity contribution in [2.24, 2.45) is 5.92 Å². The summed E-state index contributed by atoms with van der Waals surface area (Å²) < 4.78 is 0. The van der Waals surface area contributed by atoms with Crippen molar-refractivity contribution in [3.63, 3.8) is 0 Å². The maximum absolute atomic E-state index is 11.4. The lowest BCUT2D eigenvalue weighted by atomic mass is 9.76. The SMILES string of the molecule is CCCCCCc1ccc2c(n1)CCC(CC)C2C=O. The molecule has 0 aliphatic heterocycles. The first-order valence-corrected chi connectivity index (χ1v) is 8.24. The Morgan fingerprint density at radius 1 is 1.25 bits per heavy atom. The van der Waals surface area contributed by atoms with Crippen molar-refractivity contribution in [3.8, 4) is 0 Å². The number of carbonyl (C=O) groups excluding carboxylic acids is 1. The summed E-state index contributed by atoms with van der Waals surface area (Å²) in [6, 6.07) is 4.30. The molecule has 0 fully saturated rings. The van der Waals surface area contributed by atoms with E-state index in [1.54, 1.807) is 0 Å². The van der Waals surface area contributed by atoms with Gasteiger partial charge in [-0.25, -0.2) is 0 Å². The number of pyridine rings is 1. The molecule has 2 unspecified atom stereocenters. The van der Waals surface area contributed by atoms with E-state index in [4.69, 9.17) is 4.98 Å². The summed E-state index contributed by atoms with van der Waals surface area (Å²) in [7, 11) is 0. The van der Waals surface area contributed by atoms with E-state index in [2.05, 4.69) is 26.0 Å². The fraction of sp³-hybridized carbons (Fsp3) is 0.667. The second kappa shape index (κ2) is 7.56. The molecule has 1 heterocycles. The monoisotopic (exact) mass is 273 g/mol. The van der Waals surface area contributed by atoms with Crippen LogP contribution in [0.1, 0.15) is 75.2 Å². The zero-order chi connectivity index (χ0) is 14.4. The summed E-state index contributed by atoms with van der Waals surface area (Å²) in [5.41, 5.74) is 3.58. The summed E-state index contributed by atoms with van der Waals surface area (Å²) in [5, 5.41) is 0. The van der Waals surface area contributed by atoms with Gasteiger partial charge in [0.1, 0.15) is 6.29 Å². The van der Waals surface area contributed by atoms with Crippen LogP contribution in [0.5, 0.6) is 0 Å². The van der Waals surface area contributed by atoms with E-state index in [-0.39, 0.29) is 5.92 Å². The average Bonchev–Trinajstić information content (AvgIpc) is 2.50. The van der Waals surface area contributed by atoms with E-state index in [1.807, 2.05) is 0 Å². The fourth-order valence-corrected chi connectivity index (χ4v) is 3.33. The Hall–Kier alpha value is -1.18. The van der Waals surface area contributed by atoms with Gasteiger partial charge in [0.05, 0.1) is 0 Å². The van der Waals surface area contributed by atoms with E-state index in [1.165, 1.54) is 42.6 Å². The summed E-state index contributed by atoms with van der Waals surface area (Å²) in [6.07, 6.45) is 10.6.